The van der Waals surface area contributed by atoms with Crippen molar-refractivity contribution in [2.75, 3.05) is 9.80 Å². The van der Waals surface area contributed by atoms with Crippen molar-refractivity contribution >= 4 is 101 Å². The molecular formula is C102H78N2O4. The van der Waals surface area contributed by atoms with Gasteiger partial charge in [-0.3, -0.25) is 0 Å². The lowest BCUT2D eigenvalue weighted by Gasteiger charge is -2.31. The standard InChI is InChI=1S/C102H78N2O4/c1-67-27-43-75(44-28-67)89(76-45-29-68(2)30-46-76)63-73-39-55-81(56-40-73)103(79-51-35-71(5)36-52-79)91-65-95(107-85-23-15-9-16-24-85)101-97-87(91)59-61-93(105-83-19-11-7-12-20-83)99(97)102-96(108-86-25-17-10-18-26-86)66-92(88-60-62-94(100(101)98(88)102)106-84-21-13-8-14-22-84)104(80-53-37-72(6)38-54-80)82-57-41-74(42-58-82)64-90(77-47-31-69(3)32-48-77)78-49-33-70(4)34-50-78/h7-66H,1-6H3. The molecule has 6 heteroatoms. The number of nitrogens with zero attached hydrogens (tertiary/aromatic N) is 2. The van der Waals surface area contributed by atoms with Gasteiger partial charge >= 0.3 is 0 Å². The van der Waals surface area contributed by atoms with Gasteiger partial charge in [-0.05, 0) is 220 Å². The summed E-state index contributed by atoms with van der Waals surface area (Å²) in [7, 11) is 0. The van der Waals surface area contributed by atoms with Crippen LogP contribution in [-0.4, -0.2) is 0 Å². The van der Waals surface area contributed by atoms with Crippen LogP contribution in [0.3, 0.4) is 0 Å². The first-order valence-electron chi connectivity index (χ1n) is 36.8. The third-order valence-corrected chi connectivity index (χ3v) is 20.2. The summed E-state index contributed by atoms with van der Waals surface area (Å²) in [5.41, 5.74) is 21.7. The number of para-hydroxylation sites is 4. The van der Waals surface area contributed by atoms with Gasteiger partial charge in [-0.15, -0.1) is 0 Å². The lowest BCUT2D eigenvalue weighted by atomic mass is 9.86. The second kappa shape index (κ2) is 29.5. The van der Waals surface area contributed by atoms with Gasteiger partial charge < -0.3 is 28.7 Å². The highest BCUT2D eigenvalue weighted by atomic mass is 16.5. The Hall–Kier alpha value is -13.7. The van der Waals surface area contributed by atoms with Crippen molar-refractivity contribution in [1.29, 1.82) is 0 Å². The summed E-state index contributed by atoms with van der Waals surface area (Å²) in [6.07, 6.45) is 4.60. The number of fused-ring (bicyclic) bond motifs is 2. The van der Waals surface area contributed by atoms with E-state index in [1.54, 1.807) is 0 Å². The molecule has 0 aliphatic rings. The quantitative estimate of drug-likeness (QED) is 0.0430. The Balaban J connectivity index is 0.971. The van der Waals surface area contributed by atoms with Gasteiger partial charge in [0.1, 0.15) is 46.0 Å². The van der Waals surface area contributed by atoms with E-state index in [2.05, 4.69) is 294 Å². The molecule has 0 N–H and O–H groups in total. The van der Waals surface area contributed by atoms with Gasteiger partial charge in [0.2, 0.25) is 0 Å². The molecule has 0 unspecified atom stereocenters. The predicted octanol–water partition coefficient (Wildman–Crippen LogP) is 28.9. The molecule has 0 aliphatic carbocycles. The van der Waals surface area contributed by atoms with Crippen LogP contribution in [0.25, 0.3) is 66.4 Å². The van der Waals surface area contributed by atoms with Gasteiger partial charge in [-0.2, -0.15) is 0 Å². The van der Waals surface area contributed by atoms with Gasteiger partial charge in [0.25, 0.3) is 0 Å². The second-order valence-electron chi connectivity index (χ2n) is 28.0. The average Bonchev–Trinajstić information content (AvgIpc) is 0.685. The summed E-state index contributed by atoms with van der Waals surface area (Å²) in [6, 6.07) is 124. The molecule has 17 rings (SSSR count). The van der Waals surface area contributed by atoms with Crippen LogP contribution in [0, 0.1) is 41.5 Å². The number of aryl methyl sites for hydroxylation is 6. The molecule has 0 saturated heterocycles. The van der Waals surface area contributed by atoms with E-state index >= 15 is 0 Å². The van der Waals surface area contributed by atoms with Crippen molar-refractivity contribution < 1.29 is 18.9 Å². The Kier molecular flexibility index (Phi) is 18.4. The van der Waals surface area contributed by atoms with Crippen LogP contribution in [0.1, 0.15) is 66.8 Å². The normalized spacial score (nSPS) is 11.2. The van der Waals surface area contributed by atoms with Gasteiger partial charge in [0.05, 0.1) is 11.4 Å². The Morgan fingerprint density at radius 1 is 0.222 bits per heavy atom. The zero-order chi connectivity index (χ0) is 73.2. The number of hydrogen-bond acceptors (Lipinski definition) is 6. The fourth-order valence-corrected chi connectivity index (χ4v) is 14.7. The van der Waals surface area contributed by atoms with Gasteiger partial charge in [0, 0.05) is 78.0 Å². The molecule has 17 aromatic carbocycles. The third kappa shape index (κ3) is 13.8. The fourth-order valence-electron chi connectivity index (χ4n) is 14.7. The van der Waals surface area contributed by atoms with Crippen molar-refractivity contribution in [2.24, 2.45) is 0 Å². The molecular weight excluding hydrogens is 1320 g/mol. The van der Waals surface area contributed by atoms with Gasteiger partial charge in [0.15, 0.2) is 0 Å². The number of benzene rings is 17. The van der Waals surface area contributed by atoms with Crippen LogP contribution in [0.15, 0.2) is 352 Å². The lowest BCUT2D eigenvalue weighted by molar-refractivity contribution is 0.483. The Morgan fingerprint density at radius 3 is 0.722 bits per heavy atom. The van der Waals surface area contributed by atoms with E-state index in [1.807, 2.05) is 121 Å². The van der Waals surface area contributed by atoms with Crippen molar-refractivity contribution in [3.05, 3.63) is 419 Å². The van der Waals surface area contributed by atoms with E-state index < -0.39 is 0 Å². The summed E-state index contributed by atoms with van der Waals surface area (Å²) in [6.45, 7) is 12.8. The summed E-state index contributed by atoms with van der Waals surface area (Å²) in [5.74, 6) is 5.11. The molecule has 0 bridgehead atoms. The molecule has 17 aromatic rings. The second-order valence-corrected chi connectivity index (χ2v) is 28.0. The minimum atomic E-state index is 0.598. The SMILES string of the molecule is Cc1ccc(C(=Cc2ccc(N(c3ccc(C)cc3)c3cc(Oc4ccccc4)c4c5c(Oc6ccccc6)ccc6c(N(c7ccc(C)cc7)c7ccc(C=C(c8ccc(C)cc8)c8ccc(C)cc8)cc7)cc(Oc7ccccc7)c(c7c(Oc8ccccc8)ccc3c74)c65)cc2)c2ccc(C)cc2)cc1. The molecule has 0 aliphatic heterocycles. The Bertz CT molecular complexity index is 5630. The van der Waals surface area contributed by atoms with Crippen molar-refractivity contribution in [1.82, 2.24) is 0 Å². The molecule has 0 spiro atoms. The number of ether oxygens (including phenoxy) is 4. The Morgan fingerprint density at radius 2 is 0.454 bits per heavy atom. The number of anilines is 6. The van der Waals surface area contributed by atoms with Crippen LogP contribution >= 0.6 is 0 Å². The molecule has 0 atom stereocenters. The summed E-state index contributed by atoms with van der Waals surface area (Å²) >= 11 is 0. The Labute approximate surface area is 631 Å². The van der Waals surface area contributed by atoms with Crippen LogP contribution in [-0.2, 0) is 0 Å². The van der Waals surface area contributed by atoms with E-state index in [9.17, 15) is 0 Å². The molecule has 0 heterocycles. The van der Waals surface area contributed by atoms with Crippen LogP contribution in [0.2, 0.25) is 0 Å². The largest absolute Gasteiger partial charge is 0.457 e. The maximum absolute atomic E-state index is 7.63. The minimum Gasteiger partial charge on any atom is -0.457 e. The molecule has 0 aromatic heterocycles. The zero-order valence-corrected chi connectivity index (χ0v) is 61.2. The summed E-state index contributed by atoms with van der Waals surface area (Å²) in [4.78, 5) is 4.72. The monoisotopic (exact) mass is 1390 g/mol. The van der Waals surface area contributed by atoms with Crippen LogP contribution in [0.4, 0.5) is 34.1 Å². The molecule has 0 fully saturated rings. The van der Waals surface area contributed by atoms with E-state index in [0.717, 1.165) is 133 Å². The lowest BCUT2D eigenvalue weighted by Crippen LogP contribution is -2.12. The average molecular weight is 1400 g/mol. The molecule has 0 amide bonds. The zero-order valence-electron chi connectivity index (χ0n) is 61.2. The van der Waals surface area contributed by atoms with Gasteiger partial charge in [-0.25, -0.2) is 0 Å². The van der Waals surface area contributed by atoms with Crippen LogP contribution < -0.4 is 28.7 Å². The number of rotatable bonds is 20. The van der Waals surface area contributed by atoms with E-state index in [4.69, 9.17) is 18.9 Å². The highest BCUT2D eigenvalue weighted by molar-refractivity contribution is 6.40. The fraction of sp³-hybridized carbons (Fsp3) is 0.0588. The molecule has 0 radical (unpaired) electrons. The van der Waals surface area contributed by atoms with E-state index in [0.29, 0.717) is 46.0 Å². The first kappa shape index (κ1) is 67.5. The molecule has 6 nitrogen and oxygen atoms in total. The summed E-state index contributed by atoms with van der Waals surface area (Å²) in [5, 5.41) is 6.88. The van der Waals surface area contributed by atoms with Crippen LogP contribution in [0.5, 0.6) is 46.0 Å². The van der Waals surface area contributed by atoms with E-state index in [1.165, 1.54) is 22.3 Å². The smallest absolute Gasteiger partial charge is 0.138 e. The molecule has 108 heavy (non-hydrogen) atoms. The van der Waals surface area contributed by atoms with Crippen molar-refractivity contribution in [3.8, 4) is 46.0 Å². The first-order chi connectivity index (χ1) is 53.0. The third-order valence-electron chi connectivity index (χ3n) is 20.2. The molecule has 520 valence electrons. The maximum atomic E-state index is 7.63. The number of hydrogen-bond donors (Lipinski definition) is 0. The topological polar surface area (TPSA) is 43.4 Å². The highest BCUT2D eigenvalue weighted by Crippen LogP contribution is 2.59. The van der Waals surface area contributed by atoms with Gasteiger partial charge in [-0.1, -0.05) is 252 Å². The summed E-state index contributed by atoms with van der Waals surface area (Å²) < 4.78 is 30.1. The highest BCUT2D eigenvalue weighted by Gasteiger charge is 2.32. The van der Waals surface area contributed by atoms with E-state index in [-0.39, 0.29) is 0 Å². The first-order valence-corrected chi connectivity index (χ1v) is 36.8. The minimum absolute atomic E-state index is 0.598. The predicted molar refractivity (Wildman–Crippen MR) is 451 cm³/mol. The molecule has 0 saturated carbocycles. The van der Waals surface area contributed by atoms with Crippen molar-refractivity contribution in [2.45, 2.75) is 41.5 Å². The van der Waals surface area contributed by atoms with Crippen molar-refractivity contribution in [3.63, 3.8) is 0 Å². The maximum Gasteiger partial charge on any atom is 0.138 e.